The van der Waals surface area contributed by atoms with E-state index in [1.807, 2.05) is 9.80 Å². The van der Waals surface area contributed by atoms with Gasteiger partial charge in [0.2, 0.25) is 5.91 Å². The van der Waals surface area contributed by atoms with E-state index in [9.17, 15) is 18.0 Å². The van der Waals surface area contributed by atoms with Crippen LogP contribution in [0.2, 0.25) is 0 Å². The van der Waals surface area contributed by atoms with E-state index < -0.39 is 11.7 Å². The SMILES string of the molecule is O=C(CSc1ccc2c(c1)CCC2)N1CCN(c2ccc(C(F)(F)F)cn2)CC1. The standard InChI is InChI=1S/C21H22F3N3OS/c22-21(23,24)17-5-7-19(25-13-17)26-8-10-27(11-9-26)20(28)14-29-18-6-4-15-2-1-3-16(15)12-18/h4-7,12-13H,1-3,8-11,14H2. The van der Waals surface area contributed by atoms with Crippen molar-refractivity contribution in [3.8, 4) is 0 Å². The minimum atomic E-state index is -4.38. The molecule has 2 aliphatic rings. The van der Waals surface area contributed by atoms with Gasteiger partial charge in [-0.1, -0.05) is 6.07 Å². The molecule has 1 saturated heterocycles. The Morgan fingerprint density at radius 2 is 1.79 bits per heavy atom. The van der Waals surface area contributed by atoms with Crippen LogP contribution in [0, 0.1) is 0 Å². The molecule has 29 heavy (non-hydrogen) atoms. The molecular formula is C21H22F3N3OS. The summed E-state index contributed by atoms with van der Waals surface area (Å²) in [7, 11) is 0. The number of alkyl halides is 3. The predicted molar refractivity (Wildman–Crippen MR) is 107 cm³/mol. The van der Waals surface area contributed by atoms with Crippen molar-refractivity contribution >= 4 is 23.5 Å². The molecule has 0 spiro atoms. The molecule has 1 fully saturated rings. The number of aryl methyl sites for hydroxylation is 2. The average Bonchev–Trinajstić information content (AvgIpc) is 3.19. The zero-order chi connectivity index (χ0) is 20.4. The Balaban J connectivity index is 1.27. The van der Waals surface area contributed by atoms with Crippen LogP contribution in [0.25, 0.3) is 0 Å². The number of thioether (sulfide) groups is 1. The number of nitrogens with zero attached hydrogens (tertiary/aromatic N) is 3. The van der Waals surface area contributed by atoms with Crippen LogP contribution < -0.4 is 4.90 Å². The fourth-order valence-corrected chi connectivity index (χ4v) is 4.66. The fraction of sp³-hybridized carbons (Fsp3) is 0.429. The first kappa shape index (κ1) is 20.1. The Morgan fingerprint density at radius 1 is 1.03 bits per heavy atom. The van der Waals surface area contributed by atoms with Gasteiger partial charge in [0, 0.05) is 37.3 Å². The van der Waals surface area contributed by atoms with E-state index in [0.717, 1.165) is 30.0 Å². The number of carbonyl (C=O) groups is 1. The highest BCUT2D eigenvalue weighted by Crippen LogP contribution is 2.30. The molecule has 8 heteroatoms. The van der Waals surface area contributed by atoms with E-state index in [1.54, 1.807) is 11.8 Å². The average molecular weight is 421 g/mol. The summed E-state index contributed by atoms with van der Waals surface area (Å²) in [5.41, 5.74) is 2.08. The lowest BCUT2D eigenvalue weighted by atomic mass is 10.1. The van der Waals surface area contributed by atoms with Gasteiger partial charge in [-0.25, -0.2) is 4.98 Å². The molecule has 154 valence electrons. The van der Waals surface area contributed by atoms with Crippen molar-refractivity contribution < 1.29 is 18.0 Å². The van der Waals surface area contributed by atoms with E-state index in [0.29, 0.717) is 37.7 Å². The first-order valence-corrected chi connectivity index (χ1v) is 10.7. The molecule has 1 aliphatic heterocycles. The molecule has 0 unspecified atom stereocenters. The number of aromatic nitrogens is 1. The second kappa shape index (κ2) is 8.26. The summed E-state index contributed by atoms with van der Waals surface area (Å²) in [6, 6.07) is 8.91. The van der Waals surface area contributed by atoms with Gasteiger partial charge in [0.15, 0.2) is 0 Å². The van der Waals surface area contributed by atoms with Crippen molar-refractivity contribution in [2.75, 3.05) is 36.8 Å². The van der Waals surface area contributed by atoms with Gasteiger partial charge in [-0.2, -0.15) is 13.2 Å². The molecule has 2 aromatic rings. The van der Waals surface area contributed by atoms with Gasteiger partial charge in [-0.05, 0) is 54.7 Å². The molecule has 0 saturated carbocycles. The Hall–Kier alpha value is -2.22. The quantitative estimate of drug-likeness (QED) is 0.699. The molecule has 0 atom stereocenters. The van der Waals surface area contributed by atoms with Crippen molar-refractivity contribution in [2.45, 2.75) is 30.3 Å². The first-order chi connectivity index (χ1) is 13.9. The van der Waals surface area contributed by atoms with Gasteiger partial charge in [0.1, 0.15) is 5.82 Å². The van der Waals surface area contributed by atoms with E-state index in [1.165, 1.54) is 23.6 Å². The summed E-state index contributed by atoms with van der Waals surface area (Å²) in [5, 5.41) is 0. The van der Waals surface area contributed by atoms with Crippen LogP contribution in [0.4, 0.5) is 19.0 Å². The summed E-state index contributed by atoms with van der Waals surface area (Å²) in [4.78, 5) is 21.4. The molecule has 4 rings (SSSR count). The number of amides is 1. The number of anilines is 1. The largest absolute Gasteiger partial charge is 0.417 e. The van der Waals surface area contributed by atoms with Crippen LogP contribution in [0.3, 0.4) is 0 Å². The highest BCUT2D eigenvalue weighted by Gasteiger charge is 2.31. The van der Waals surface area contributed by atoms with Gasteiger partial charge in [0.05, 0.1) is 11.3 Å². The third-order valence-electron chi connectivity index (χ3n) is 5.46. The summed E-state index contributed by atoms with van der Waals surface area (Å²) in [6.45, 7) is 2.22. The van der Waals surface area contributed by atoms with Crippen molar-refractivity contribution in [1.82, 2.24) is 9.88 Å². The number of pyridine rings is 1. The number of fused-ring (bicyclic) bond motifs is 1. The third-order valence-corrected chi connectivity index (χ3v) is 6.44. The molecule has 0 radical (unpaired) electrons. The van der Waals surface area contributed by atoms with E-state index in [-0.39, 0.29) is 5.91 Å². The maximum Gasteiger partial charge on any atom is 0.417 e. The molecule has 1 aromatic heterocycles. The molecule has 0 bridgehead atoms. The molecule has 1 aromatic carbocycles. The Bertz CT molecular complexity index is 878. The summed E-state index contributed by atoms with van der Waals surface area (Å²) >= 11 is 1.57. The minimum absolute atomic E-state index is 0.0931. The lowest BCUT2D eigenvalue weighted by Crippen LogP contribution is -2.49. The van der Waals surface area contributed by atoms with Gasteiger partial charge >= 0.3 is 6.18 Å². The summed E-state index contributed by atoms with van der Waals surface area (Å²) < 4.78 is 38.0. The number of benzene rings is 1. The summed E-state index contributed by atoms with van der Waals surface area (Å²) in [5.74, 6) is 1.00. The lowest BCUT2D eigenvalue weighted by molar-refractivity contribution is -0.137. The lowest BCUT2D eigenvalue weighted by Gasteiger charge is -2.35. The monoisotopic (exact) mass is 421 g/mol. The predicted octanol–water partition coefficient (Wildman–Crippen LogP) is 4.03. The Kier molecular flexibility index (Phi) is 5.72. The molecule has 4 nitrogen and oxygen atoms in total. The van der Waals surface area contributed by atoms with E-state index in [2.05, 4.69) is 23.2 Å². The van der Waals surface area contributed by atoms with Crippen molar-refractivity contribution in [3.63, 3.8) is 0 Å². The van der Waals surface area contributed by atoms with Crippen LogP contribution in [0.1, 0.15) is 23.1 Å². The van der Waals surface area contributed by atoms with Gasteiger partial charge in [-0.15, -0.1) is 11.8 Å². The number of rotatable bonds is 4. The molecule has 2 heterocycles. The van der Waals surface area contributed by atoms with Gasteiger partial charge < -0.3 is 9.80 Å². The molecule has 0 N–H and O–H groups in total. The van der Waals surface area contributed by atoms with Crippen LogP contribution in [0.15, 0.2) is 41.4 Å². The number of halogens is 3. The maximum atomic E-state index is 12.7. The Morgan fingerprint density at radius 3 is 2.48 bits per heavy atom. The number of piperazine rings is 1. The van der Waals surface area contributed by atoms with E-state index in [4.69, 9.17) is 0 Å². The van der Waals surface area contributed by atoms with Gasteiger partial charge in [0.25, 0.3) is 0 Å². The highest BCUT2D eigenvalue weighted by atomic mass is 32.2. The van der Waals surface area contributed by atoms with Crippen LogP contribution in [0.5, 0.6) is 0 Å². The Labute approximate surface area is 172 Å². The molecule has 1 aliphatic carbocycles. The van der Waals surface area contributed by atoms with Crippen molar-refractivity contribution in [1.29, 1.82) is 0 Å². The van der Waals surface area contributed by atoms with Crippen LogP contribution in [-0.4, -0.2) is 47.7 Å². The van der Waals surface area contributed by atoms with Crippen LogP contribution in [-0.2, 0) is 23.8 Å². The molecular weight excluding hydrogens is 399 g/mol. The maximum absolute atomic E-state index is 12.7. The van der Waals surface area contributed by atoms with Gasteiger partial charge in [-0.3, -0.25) is 4.79 Å². The fourth-order valence-electron chi connectivity index (χ4n) is 3.80. The topological polar surface area (TPSA) is 36.4 Å². The second-order valence-electron chi connectivity index (χ2n) is 7.34. The summed E-state index contributed by atoms with van der Waals surface area (Å²) in [6.07, 6.45) is -0.0391. The second-order valence-corrected chi connectivity index (χ2v) is 8.39. The van der Waals surface area contributed by atoms with Crippen molar-refractivity contribution in [2.24, 2.45) is 0 Å². The zero-order valence-electron chi connectivity index (χ0n) is 15.9. The number of hydrogen-bond acceptors (Lipinski definition) is 4. The first-order valence-electron chi connectivity index (χ1n) is 9.71. The molecule has 1 amide bonds. The smallest absolute Gasteiger partial charge is 0.353 e. The van der Waals surface area contributed by atoms with Crippen molar-refractivity contribution in [3.05, 3.63) is 53.2 Å². The highest BCUT2D eigenvalue weighted by molar-refractivity contribution is 8.00. The normalized spacial score (nSPS) is 16.8. The van der Waals surface area contributed by atoms with Crippen LogP contribution >= 0.6 is 11.8 Å². The third kappa shape index (κ3) is 4.69. The van der Waals surface area contributed by atoms with E-state index >= 15 is 0 Å². The number of carbonyl (C=O) groups excluding carboxylic acids is 1. The number of hydrogen-bond donors (Lipinski definition) is 0. The zero-order valence-corrected chi connectivity index (χ0v) is 16.7. The minimum Gasteiger partial charge on any atom is -0.353 e.